The summed E-state index contributed by atoms with van der Waals surface area (Å²) < 4.78 is 10.1. The molecule has 0 aliphatic carbocycles. The predicted molar refractivity (Wildman–Crippen MR) is 51.4 cm³/mol. The van der Waals surface area contributed by atoms with Crippen LogP contribution in [0.5, 0.6) is 11.5 Å². The largest absolute Gasteiger partial charge is 0.497 e. The van der Waals surface area contributed by atoms with Gasteiger partial charge in [-0.25, -0.2) is 0 Å². The van der Waals surface area contributed by atoms with Gasteiger partial charge < -0.3 is 19.7 Å². The van der Waals surface area contributed by atoms with Gasteiger partial charge in [0.15, 0.2) is 0 Å². The molecule has 0 saturated heterocycles. The van der Waals surface area contributed by atoms with Crippen molar-refractivity contribution in [1.29, 1.82) is 0 Å². The Hall–Kier alpha value is -1.26. The minimum absolute atomic E-state index is 0.145. The molecule has 0 heterocycles. The minimum atomic E-state index is -0.145. The molecule has 1 aromatic rings. The SMILES string of the molecule is COc1cc(CO)c(OC)c(CO)c1. The van der Waals surface area contributed by atoms with Crippen LogP contribution in [-0.2, 0) is 13.2 Å². The number of hydrogen-bond acceptors (Lipinski definition) is 4. The van der Waals surface area contributed by atoms with E-state index in [1.54, 1.807) is 12.1 Å². The van der Waals surface area contributed by atoms with E-state index in [1.165, 1.54) is 14.2 Å². The molecular formula is C10H14O4. The first-order valence-corrected chi connectivity index (χ1v) is 4.22. The van der Waals surface area contributed by atoms with E-state index in [0.717, 1.165) is 0 Å². The molecule has 1 rings (SSSR count). The van der Waals surface area contributed by atoms with Gasteiger partial charge in [0.2, 0.25) is 0 Å². The zero-order valence-corrected chi connectivity index (χ0v) is 8.28. The Balaban J connectivity index is 3.24. The van der Waals surface area contributed by atoms with Crippen LogP contribution in [0.3, 0.4) is 0 Å². The number of methoxy groups -OCH3 is 2. The molecule has 0 bridgehead atoms. The Kier molecular flexibility index (Phi) is 3.73. The minimum Gasteiger partial charge on any atom is -0.497 e. The summed E-state index contributed by atoms with van der Waals surface area (Å²) in [6, 6.07) is 3.36. The van der Waals surface area contributed by atoms with Gasteiger partial charge in [-0.3, -0.25) is 0 Å². The number of rotatable bonds is 4. The van der Waals surface area contributed by atoms with E-state index >= 15 is 0 Å². The molecule has 78 valence electrons. The molecule has 0 aliphatic rings. The lowest BCUT2D eigenvalue weighted by Crippen LogP contribution is -1.99. The van der Waals surface area contributed by atoms with Crippen molar-refractivity contribution in [1.82, 2.24) is 0 Å². The molecule has 14 heavy (non-hydrogen) atoms. The molecule has 0 amide bonds. The van der Waals surface area contributed by atoms with Gasteiger partial charge in [0.25, 0.3) is 0 Å². The van der Waals surface area contributed by atoms with Crippen molar-refractivity contribution >= 4 is 0 Å². The molecule has 0 radical (unpaired) electrons. The van der Waals surface area contributed by atoms with E-state index in [0.29, 0.717) is 22.6 Å². The Labute approximate surface area is 82.7 Å². The van der Waals surface area contributed by atoms with Gasteiger partial charge in [-0.2, -0.15) is 0 Å². The second kappa shape index (κ2) is 4.83. The van der Waals surface area contributed by atoms with E-state index in [-0.39, 0.29) is 13.2 Å². The Morgan fingerprint density at radius 1 is 1.00 bits per heavy atom. The average Bonchev–Trinajstić information content (AvgIpc) is 2.26. The zero-order valence-electron chi connectivity index (χ0n) is 8.28. The topological polar surface area (TPSA) is 58.9 Å². The van der Waals surface area contributed by atoms with Gasteiger partial charge in [-0.05, 0) is 12.1 Å². The first kappa shape index (κ1) is 10.8. The number of ether oxygens (including phenoxy) is 2. The molecule has 4 heteroatoms. The maximum atomic E-state index is 9.07. The maximum Gasteiger partial charge on any atom is 0.130 e. The van der Waals surface area contributed by atoms with Crippen molar-refractivity contribution in [2.24, 2.45) is 0 Å². The van der Waals surface area contributed by atoms with Crippen LogP contribution in [0.2, 0.25) is 0 Å². The van der Waals surface area contributed by atoms with E-state index in [1.807, 2.05) is 0 Å². The zero-order chi connectivity index (χ0) is 10.6. The molecule has 4 nitrogen and oxygen atoms in total. The summed E-state index contributed by atoms with van der Waals surface area (Å²) in [7, 11) is 3.03. The van der Waals surface area contributed by atoms with Crippen molar-refractivity contribution in [3.05, 3.63) is 23.3 Å². The number of aliphatic hydroxyl groups is 2. The van der Waals surface area contributed by atoms with Crippen LogP contribution in [-0.4, -0.2) is 24.4 Å². The third-order valence-electron chi connectivity index (χ3n) is 2.00. The van der Waals surface area contributed by atoms with Gasteiger partial charge >= 0.3 is 0 Å². The van der Waals surface area contributed by atoms with Gasteiger partial charge in [0.05, 0.1) is 27.4 Å². The number of benzene rings is 1. The quantitative estimate of drug-likeness (QED) is 0.747. The summed E-state index contributed by atoms with van der Waals surface area (Å²) >= 11 is 0. The standard InChI is InChI=1S/C10H14O4/c1-13-9-3-7(5-11)10(14-2)8(4-9)6-12/h3-4,11-12H,5-6H2,1-2H3. The molecule has 2 N–H and O–H groups in total. The first-order chi connectivity index (χ1) is 6.76. The fourth-order valence-corrected chi connectivity index (χ4v) is 1.34. The van der Waals surface area contributed by atoms with Crippen molar-refractivity contribution in [3.63, 3.8) is 0 Å². The van der Waals surface area contributed by atoms with Crippen LogP contribution >= 0.6 is 0 Å². The van der Waals surface area contributed by atoms with Gasteiger partial charge in [-0.15, -0.1) is 0 Å². The highest BCUT2D eigenvalue weighted by molar-refractivity contribution is 5.46. The van der Waals surface area contributed by atoms with Crippen LogP contribution in [0, 0.1) is 0 Å². The average molecular weight is 198 g/mol. The molecule has 0 spiro atoms. The van der Waals surface area contributed by atoms with Crippen LogP contribution in [0.1, 0.15) is 11.1 Å². The number of hydrogen-bond donors (Lipinski definition) is 2. The summed E-state index contributed by atoms with van der Waals surface area (Å²) in [5, 5.41) is 18.1. The lowest BCUT2D eigenvalue weighted by molar-refractivity contribution is 0.259. The third kappa shape index (κ3) is 1.97. The van der Waals surface area contributed by atoms with Crippen LogP contribution < -0.4 is 9.47 Å². The molecular weight excluding hydrogens is 184 g/mol. The van der Waals surface area contributed by atoms with Gasteiger partial charge in [-0.1, -0.05) is 0 Å². The lowest BCUT2D eigenvalue weighted by atomic mass is 10.1. The fourth-order valence-electron chi connectivity index (χ4n) is 1.34. The first-order valence-electron chi connectivity index (χ1n) is 4.22. The van der Waals surface area contributed by atoms with E-state index in [9.17, 15) is 0 Å². The summed E-state index contributed by atoms with van der Waals surface area (Å²) in [6.07, 6.45) is 0. The molecule has 0 saturated carbocycles. The molecule has 0 unspecified atom stereocenters. The summed E-state index contributed by atoms with van der Waals surface area (Å²) in [5.74, 6) is 1.11. The molecule has 0 aliphatic heterocycles. The van der Waals surface area contributed by atoms with Gasteiger partial charge in [0, 0.05) is 11.1 Å². The summed E-state index contributed by atoms with van der Waals surface area (Å²) in [6.45, 7) is -0.291. The smallest absolute Gasteiger partial charge is 0.130 e. The molecule has 1 aromatic carbocycles. The predicted octanol–water partition coefficient (Wildman–Crippen LogP) is 0.688. The third-order valence-corrected chi connectivity index (χ3v) is 2.00. The highest BCUT2D eigenvalue weighted by atomic mass is 16.5. The normalized spacial score (nSPS) is 10.0. The Morgan fingerprint density at radius 3 is 1.79 bits per heavy atom. The fraction of sp³-hybridized carbons (Fsp3) is 0.400. The van der Waals surface area contributed by atoms with Crippen LogP contribution in [0.25, 0.3) is 0 Å². The molecule has 0 aromatic heterocycles. The second-order valence-corrected chi connectivity index (χ2v) is 2.80. The Morgan fingerprint density at radius 2 is 1.50 bits per heavy atom. The monoisotopic (exact) mass is 198 g/mol. The summed E-state index contributed by atoms with van der Waals surface area (Å²) in [5.41, 5.74) is 1.21. The highest BCUT2D eigenvalue weighted by Crippen LogP contribution is 2.29. The summed E-state index contributed by atoms with van der Waals surface area (Å²) in [4.78, 5) is 0. The van der Waals surface area contributed by atoms with E-state index in [2.05, 4.69) is 0 Å². The van der Waals surface area contributed by atoms with Crippen LogP contribution in [0.4, 0.5) is 0 Å². The van der Waals surface area contributed by atoms with E-state index < -0.39 is 0 Å². The van der Waals surface area contributed by atoms with E-state index in [4.69, 9.17) is 19.7 Å². The number of aliphatic hydroxyl groups excluding tert-OH is 2. The van der Waals surface area contributed by atoms with Crippen molar-refractivity contribution in [2.75, 3.05) is 14.2 Å². The van der Waals surface area contributed by atoms with Crippen molar-refractivity contribution < 1.29 is 19.7 Å². The van der Waals surface area contributed by atoms with Crippen molar-refractivity contribution in [3.8, 4) is 11.5 Å². The van der Waals surface area contributed by atoms with Crippen molar-refractivity contribution in [2.45, 2.75) is 13.2 Å². The Bertz CT molecular complexity index is 284. The molecule has 0 atom stereocenters. The lowest BCUT2D eigenvalue weighted by Gasteiger charge is -2.12. The van der Waals surface area contributed by atoms with Crippen LogP contribution in [0.15, 0.2) is 12.1 Å². The van der Waals surface area contributed by atoms with Gasteiger partial charge in [0.1, 0.15) is 11.5 Å². The maximum absolute atomic E-state index is 9.07. The molecule has 0 fully saturated rings. The second-order valence-electron chi connectivity index (χ2n) is 2.80. The highest BCUT2D eigenvalue weighted by Gasteiger charge is 2.10.